The van der Waals surface area contributed by atoms with Crippen molar-refractivity contribution in [1.82, 2.24) is 10.2 Å². The van der Waals surface area contributed by atoms with Gasteiger partial charge in [-0.2, -0.15) is 0 Å². The quantitative estimate of drug-likeness (QED) is 0.565. The number of carbonyl (C=O) groups excluding carboxylic acids is 1. The minimum atomic E-state index is -0.131. The number of anilines is 1. The molecule has 2 aromatic carbocycles. The van der Waals surface area contributed by atoms with Gasteiger partial charge in [0.1, 0.15) is 0 Å². The second-order valence-corrected chi connectivity index (χ2v) is 7.77. The van der Waals surface area contributed by atoms with Crippen LogP contribution in [-0.4, -0.2) is 21.9 Å². The van der Waals surface area contributed by atoms with Crippen LogP contribution < -0.4 is 5.32 Å². The van der Waals surface area contributed by atoms with E-state index in [-0.39, 0.29) is 11.7 Å². The minimum Gasteiger partial charge on any atom is -0.411 e. The largest absolute Gasteiger partial charge is 0.411 e. The Labute approximate surface area is 164 Å². The molecule has 7 heteroatoms. The van der Waals surface area contributed by atoms with Gasteiger partial charge in [0, 0.05) is 10.0 Å². The van der Waals surface area contributed by atoms with Crippen molar-refractivity contribution in [3.8, 4) is 11.5 Å². The molecule has 134 valence electrons. The van der Waals surface area contributed by atoms with Gasteiger partial charge in [0.05, 0.1) is 11.4 Å². The van der Waals surface area contributed by atoms with Crippen molar-refractivity contribution in [2.75, 3.05) is 11.1 Å². The first-order valence-corrected chi connectivity index (χ1v) is 9.80. The third-order valence-electron chi connectivity index (χ3n) is 3.89. The summed E-state index contributed by atoms with van der Waals surface area (Å²) in [4.78, 5) is 12.2. The fourth-order valence-electron chi connectivity index (χ4n) is 2.27. The summed E-state index contributed by atoms with van der Waals surface area (Å²) in [5, 5.41) is 11.3. The zero-order chi connectivity index (χ0) is 18.7. The number of halogens is 1. The number of benzene rings is 2. The molecule has 0 saturated heterocycles. The number of aryl methyl sites for hydroxylation is 3. The van der Waals surface area contributed by atoms with Crippen molar-refractivity contribution in [3.05, 3.63) is 57.6 Å². The molecule has 5 nitrogen and oxygen atoms in total. The molecule has 3 aromatic rings. The van der Waals surface area contributed by atoms with Crippen molar-refractivity contribution in [1.29, 1.82) is 0 Å². The lowest BCUT2D eigenvalue weighted by Gasteiger charge is -2.09. The normalized spacial score (nSPS) is 10.8. The predicted octanol–water partition coefficient (Wildman–Crippen LogP) is 5.16. The molecule has 26 heavy (non-hydrogen) atoms. The van der Waals surface area contributed by atoms with Crippen LogP contribution in [0, 0.1) is 20.8 Å². The minimum absolute atomic E-state index is 0.131. The van der Waals surface area contributed by atoms with Gasteiger partial charge in [-0.1, -0.05) is 29.5 Å². The summed E-state index contributed by atoms with van der Waals surface area (Å²) in [5.74, 6) is 0.508. The molecule has 0 saturated carbocycles. The Kier molecular flexibility index (Phi) is 5.78. The molecule has 0 radical (unpaired) electrons. The Morgan fingerprint density at radius 2 is 1.81 bits per heavy atom. The highest BCUT2D eigenvalue weighted by molar-refractivity contribution is 9.10. The number of nitrogens with one attached hydrogen (secondary N) is 1. The second kappa shape index (κ2) is 8.05. The summed E-state index contributed by atoms with van der Waals surface area (Å²) < 4.78 is 6.48. The Balaban J connectivity index is 1.60. The molecular weight excluding hydrogens is 414 g/mol. The number of rotatable bonds is 5. The van der Waals surface area contributed by atoms with Gasteiger partial charge in [-0.05, 0) is 72.1 Å². The molecule has 3 rings (SSSR count). The molecule has 0 aliphatic heterocycles. The van der Waals surface area contributed by atoms with Crippen LogP contribution in [0.15, 0.2) is 50.5 Å². The molecular formula is C19H18BrN3O2S. The fourth-order valence-corrected chi connectivity index (χ4v) is 3.39. The van der Waals surface area contributed by atoms with E-state index in [0.717, 1.165) is 26.9 Å². The second-order valence-electron chi connectivity index (χ2n) is 5.99. The molecule has 1 amide bonds. The number of aromatic nitrogens is 2. The van der Waals surface area contributed by atoms with E-state index in [1.165, 1.54) is 17.3 Å². The zero-order valence-electron chi connectivity index (χ0n) is 14.7. The van der Waals surface area contributed by atoms with E-state index in [1.54, 1.807) is 0 Å². The number of nitrogens with zero attached hydrogens (tertiary/aromatic N) is 2. The maximum absolute atomic E-state index is 12.2. The van der Waals surface area contributed by atoms with Gasteiger partial charge in [0.15, 0.2) is 0 Å². The maximum Gasteiger partial charge on any atom is 0.277 e. The van der Waals surface area contributed by atoms with Gasteiger partial charge >= 0.3 is 0 Å². The summed E-state index contributed by atoms with van der Waals surface area (Å²) >= 11 is 4.69. The Hall–Kier alpha value is -2.12. The Bertz CT molecular complexity index is 938. The van der Waals surface area contributed by atoms with Crippen LogP contribution in [0.3, 0.4) is 0 Å². The summed E-state index contributed by atoms with van der Waals surface area (Å²) in [6.45, 7) is 6.06. The number of carbonyl (C=O) groups is 1. The van der Waals surface area contributed by atoms with Gasteiger partial charge < -0.3 is 9.73 Å². The van der Waals surface area contributed by atoms with Crippen LogP contribution in [0.2, 0.25) is 0 Å². The highest BCUT2D eigenvalue weighted by atomic mass is 79.9. The van der Waals surface area contributed by atoms with E-state index in [9.17, 15) is 4.79 Å². The highest BCUT2D eigenvalue weighted by Crippen LogP contribution is 2.27. The average Bonchev–Trinajstić information content (AvgIpc) is 3.07. The van der Waals surface area contributed by atoms with E-state index >= 15 is 0 Å². The number of hydrogen-bond donors (Lipinski definition) is 1. The van der Waals surface area contributed by atoms with E-state index in [0.29, 0.717) is 11.1 Å². The van der Waals surface area contributed by atoms with Crippen LogP contribution in [-0.2, 0) is 4.79 Å². The molecule has 1 N–H and O–H groups in total. The fraction of sp³-hybridized carbons (Fsp3) is 0.211. The molecule has 0 atom stereocenters. The van der Waals surface area contributed by atoms with Crippen molar-refractivity contribution in [2.45, 2.75) is 26.0 Å². The van der Waals surface area contributed by atoms with E-state index < -0.39 is 0 Å². The van der Waals surface area contributed by atoms with E-state index in [4.69, 9.17) is 4.42 Å². The van der Waals surface area contributed by atoms with Crippen LogP contribution >= 0.6 is 27.7 Å². The summed E-state index contributed by atoms with van der Waals surface area (Å²) in [6, 6.07) is 11.8. The molecule has 0 fully saturated rings. The maximum atomic E-state index is 12.2. The van der Waals surface area contributed by atoms with Gasteiger partial charge in [0.2, 0.25) is 11.8 Å². The first-order chi connectivity index (χ1) is 12.4. The van der Waals surface area contributed by atoms with E-state index in [1.807, 2.05) is 57.2 Å². The third kappa shape index (κ3) is 4.53. The first-order valence-electron chi connectivity index (χ1n) is 8.02. The van der Waals surface area contributed by atoms with Crippen molar-refractivity contribution < 1.29 is 9.21 Å². The van der Waals surface area contributed by atoms with E-state index in [2.05, 4.69) is 31.4 Å². The molecule has 0 aliphatic rings. The number of thioether (sulfide) groups is 1. The lowest BCUT2D eigenvalue weighted by Crippen LogP contribution is -2.14. The summed E-state index contributed by atoms with van der Waals surface area (Å²) in [7, 11) is 0. The predicted molar refractivity (Wildman–Crippen MR) is 107 cm³/mol. The van der Waals surface area contributed by atoms with Gasteiger partial charge in [-0.15, -0.1) is 10.2 Å². The van der Waals surface area contributed by atoms with Gasteiger partial charge in [0.25, 0.3) is 5.22 Å². The van der Waals surface area contributed by atoms with Crippen LogP contribution in [0.1, 0.15) is 16.7 Å². The molecule has 0 aliphatic carbocycles. The first kappa shape index (κ1) is 18.7. The summed E-state index contributed by atoms with van der Waals surface area (Å²) in [6.07, 6.45) is 0. The average molecular weight is 432 g/mol. The smallest absolute Gasteiger partial charge is 0.277 e. The van der Waals surface area contributed by atoms with Gasteiger partial charge in [-0.3, -0.25) is 4.79 Å². The molecule has 0 spiro atoms. The van der Waals surface area contributed by atoms with Crippen molar-refractivity contribution >= 4 is 39.3 Å². The lowest BCUT2D eigenvalue weighted by atomic mass is 10.1. The van der Waals surface area contributed by atoms with Crippen LogP contribution in [0.4, 0.5) is 5.69 Å². The topological polar surface area (TPSA) is 68.0 Å². The summed E-state index contributed by atoms with van der Waals surface area (Å²) in [5.41, 5.74) is 5.06. The standard InChI is InChI=1S/C19H18BrN3O2S/c1-11-4-6-14(7-5-11)18-22-23-19(25-18)26-10-17(24)21-16-9-13(3)12(2)8-15(16)20/h4-9H,10H2,1-3H3,(H,21,24). The van der Waals surface area contributed by atoms with Crippen molar-refractivity contribution in [3.63, 3.8) is 0 Å². The molecule has 0 unspecified atom stereocenters. The zero-order valence-corrected chi connectivity index (χ0v) is 17.1. The monoisotopic (exact) mass is 431 g/mol. The van der Waals surface area contributed by atoms with Crippen molar-refractivity contribution in [2.24, 2.45) is 0 Å². The molecule has 1 aromatic heterocycles. The van der Waals surface area contributed by atoms with Crippen LogP contribution in [0.25, 0.3) is 11.5 Å². The Morgan fingerprint density at radius 3 is 2.54 bits per heavy atom. The molecule has 1 heterocycles. The number of amides is 1. The lowest BCUT2D eigenvalue weighted by molar-refractivity contribution is -0.113. The number of hydrogen-bond acceptors (Lipinski definition) is 5. The molecule has 0 bridgehead atoms. The Morgan fingerprint density at radius 1 is 1.12 bits per heavy atom. The highest BCUT2D eigenvalue weighted by Gasteiger charge is 2.12. The SMILES string of the molecule is Cc1ccc(-c2nnc(SCC(=O)Nc3cc(C)c(C)cc3Br)o2)cc1. The van der Waals surface area contributed by atoms with Gasteiger partial charge in [-0.25, -0.2) is 0 Å². The third-order valence-corrected chi connectivity index (χ3v) is 5.36. The van der Waals surface area contributed by atoms with Crippen LogP contribution in [0.5, 0.6) is 0 Å².